The molecule has 0 aliphatic heterocycles. The second kappa shape index (κ2) is 7.68. The highest BCUT2D eigenvalue weighted by Gasteiger charge is 2.14. The smallest absolute Gasteiger partial charge is 0.240 e. The van der Waals surface area contributed by atoms with E-state index in [2.05, 4.69) is 10.5 Å². The molecular formula is C16H22N2O2. The zero-order chi connectivity index (χ0) is 14.2. The average molecular weight is 274 g/mol. The first-order valence-electron chi connectivity index (χ1n) is 7.35. The Hall–Kier alpha value is -1.84. The van der Waals surface area contributed by atoms with E-state index in [0.717, 1.165) is 17.9 Å². The van der Waals surface area contributed by atoms with Crippen LogP contribution in [-0.4, -0.2) is 17.2 Å². The highest BCUT2D eigenvalue weighted by Crippen LogP contribution is 2.27. The van der Waals surface area contributed by atoms with Crippen LogP contribution >= 0.6 is 0 Å². The number of nitrogens with zero attached hydrogens (tertiary/aromatic N) is 1. The molecule has 1 fully saturated rings. The molecule has 0 unspecified atom stereocenters. The second-order valence-corrected chi connectivity index (χ2v) is 5.43. The number of phenolic OH excluding ortho intramolecular Hbond substituents is 1. The molecule has 2 rings (SSSR count). The fourth-order valence-corrected chi connectivity index (χ4v) is 2.61. The molecule has 2 N–H and O–H groups in total. The van der Waals surface area contributed by atoms with Crippen LogP contribution in [0.15, 0.2) is 29.4 Å². The Labute approximate surface area is 119 Å². The van der Waals surface area contributed by atoms with Crippen LogP contribution in [-0.2, 0) is 4.79 Å². The minimum atomic E-state index is -0.0226. The van der Waals surface area contributed by atoms with E-state index in [1.165, 1.54) is 32.1 Å². The first-order chi connectivity index (χ1) is 9.74. The van der Waals surface area contributed by atoms with Crippen molar-refractivity contribution in [1.29, 1.82) is 0 Å². The first kappa shape index (κ1) is 14.6. The molecule has 0 radical (unpaired) electrons. The molecular weight excluding hydrogens is 252 g/mol. The highest BCUT2D eigenvalue weighted by molar-refractivity contribution is 5.82. The van der Waals surface area contributed by atoms with E-state index >= 15 is 0 Å². The second-order valence-electron chi connectivity index (χ2n) is 5.43. The molecule has 0 spiro atoms. The predicted octanol–water partition coefficient (Wildman–Crippen LogP) is 3.20. The lowest BCUT2D eigenvalue weighted by atomic mass is 9.86. The largest absolute Gasteiger partial charge is 0.508 e. The van der Waals surface area contributed by atoms with Crippen molar-refractivity contribution < 1.29 is 9.90 Å². The van der Waals surface area contributed by atoms with Gasteiger partial charge in [-0.15, -0.1) is 0 Å². The van der Waals surface area contributed by atoms with Crippen LogP contribution in [0.2, 0.25) is 0 Å². The summed E-state index contributed by atoms with van der Waals surface area (Å²) in [6.07, 6.45) is 9.61. The van der Waals surface area contributed by atoms with Gasteiger partial charge in [-0.3, -0.25) is 4.79 Å². The fourth-order valence-electron chi connectivity index (χ4n) is 2.61. The molecule has 0 aromatic heterocycles. The number of amides is 1. The molecule has 108 valence electrons. The van der Waals surface area contributed by atoms with Gasteiger partial charge >= 0.3 is 0 Å². The molecule has 1 saturated carbocycles. The van der Waals surface area contributed by atoms with Gasteiger partial charge in [0.15, 0.2) is 0 Å². The summed E-state index contributed by atoms with van der Waals surface area (Å²) in [6, 6.07) is 6.67. The van der Waals surface area contributed by atoms with Crippen LogP contribution in [0.25, 0.3) is 0 Å². The monoisotopic (exact) mass is 274 g/mol. The van der Waals surface area contributed by atoms with Gasteiger partial charge in [0.2, 0.25) is 5.91 Å². The summed E-state index contributed by atoms with van der Waals surface area (Å²) in [5, 5.41) is 13.1. The van der Waals surface area contributed by atoms with Crippen molar-refractivity contribution in [1.82, 2.24) is 5.43 Å². The lowest BCUT2D eigenvalue weighted by molar-refractivity contribution is -0.121. The molecule has 1 aromatic carbocycles. The molecule has 1 aliphatic rings. The summed E-state index contributed by atoms with van der Waals surface area (Å²) in [7, 11) is 0. The van der Waals surface area contributed by atoms with Crippen LogP contribution in [0.3, 0.4) is 0 Å². The molecule has 20 heavy (non-hydrogen) atoms. The minimum absolute atomic E-state index is 0.0226. The van der Waals surface area contributed by atoms with Gasteiger partial charge in [0.05, 0.1) is 6.21 Å². The molecule has 0 heterocycles. The van der Waals surface area contributed by atoms with Crippen molar-refractivity contribution in [2.24, 2.45) is 11.0 Å². The summed E-state index contributed by atoms with van der Waals surface area (Å²) in [5.41, 5.74) is 3.40. The Bertz CT molecular complexity index is 448. The predicted molar refractivity (Wildman–Crippen MR) is 79.7 cm³/mol. The number of benzene rings is 1. The molecule has 0 atom stereocenters. The summed E-state index contributed by atoms with van der Waals surface area (Å²) in [6.45, 7) is 0. The van der Waals surface area contributed by atoms with E-state index in [0.29, 0.717) is 6.42 Å². The maximum absolute atomic E-state index is 11.7. The lowest BCUT2D eigenvalue weighted by Gasteiger charge is -2.20. The molecule has 4 heteroatoms. The zero-order valence-corrected chi connectivity index (χ0v) is 11.7. The van der Waals surface area contributed by atoms with Gasteiger partial charge in [-0.25, -0.2) is 5.43 Å². The van der Waals surface area contributed by atoms with Crippen molar-refractivity contribution in [2.75, 3.05) is 0 Å². The van der Waals surface area contributed by atoms with Crippen molar-refractivity contribution in [3.63, 3.8) is 0 Å². The summed E-state index contributed by atoms with van der Waals surface area (Å²) in [4.78, 5) is 11.7. The Morgan fingerprint density at radius 3 is 2.65 bits per heavy atom. The fraction of sp³-hybridized carbons (Fsp3) is 0.500. The van der Waals surface area contributed by atoms with E-state index in [4.69, 9.17) is 5.11 Å². The van der Waals surface area contributed by atoms with Gasteiger partial charge in [-0.1, -0.05) is 32.1 Å². The van der Waals surface area contributed by atoms with Gasteiger partial charge in [-0.05, 0) is 42.2 Å². The quantitative estimate of drug-likeness (QED) is 0.639. The molecule has 1 aliphatic carbocycles. The Morgan fingerprint density at radius 2 is 1.95 bits per heavy atom. The molecule has 1 amide bonds. The van der Waals surface area contributed by atoms with E-state index in [9.17, 15) is 4.79 Å². The van der Waals surface area contributed by atoms with Gasteiger partial charge in [0.1, 0.15) is 5.75 Å². The topological polar surface area (TPSA) is 61.7 Å². The van der Waals surface area contributed by atoms with Crippen molar-refractivity contribution >= 4 is 12.1 Å². The van der Waals surface area contributed by atoms with Crippen LogP contribution in [0.1, 0.15) is 50.5 Å². The van der Waals surface area contributed by atoms with Crippen molar-refractivity contribution in [3.8, 4) is 5.75 Å². The van der Waals surface area contributed by atoms with E-state index in [1.54, 1.807) is 30.5 Å². The number of rotatable bonds is 5. The van der Waals surface area contributed by atoms with E-state index in [1.807, 2.05) is 0 Å². The van der Waals surface area contributed by atoms with Crippen LogP contribution < -0.4 is 5.43 Å². The van der Waals surface area contributed by atoms with Gasteiger partial charge < -0.3 is 5.11 Å². The third kappa shape index (κ3) is 5.03. The van der Waals surface area contributed by atoms with Crippen molar-refractivity contribution in [3.05, 3.63) is 29.8 Å². The summed E-state index contributed by atoms with van der Waals surface area (Å²) >= 11 is 0. The summed E-state index contributed by atoms with van der Waals surface area (Å²) in [5.74, 6) is 0.917. The normalized spacial score (nSPS) is 16.4. The van der Waals surface area contributed by atoms with E-state index in [-0.39, 0.29) is 11.7 Å². The Morgan fingerprint density at radius 1 is 1.25 bits per heavy atom. The molecule has 1 aromatic rings. The third-order valence-corrected chi connectivity index (χ3v) is 3.80. The van der Waals surface area contributed by atoms with Crippen LogP contribution in [0.4, 0.5) is 0 Å². The molecule has 0 saturated heterocycles. The van der Waals surface area contributed by atoms with Gasteiger partial charge in [0, 0.05) is 6.42 Å². The number of phenols is 1. The zero-order valence-electron chi connectivity index (χ0n) is 11.7. The lowest BCUT2D eigenvalue weighted by Crippen LogP contribution is -2.19. The van der Waals surface area contributed by atoms with Crippen molar-refractivity contribution in [2.45, 2.75) is 44.9 Å². The standard InChI is InChI=1S/C16H22N2O2/c19-15-9-6-14(7-10-15)12-17-18-16(20)11-8-13-4-2-1-3-5-13/h6-7,9-10,12-13,19H,1-5,8,11H2,(H,18,20)/b17-12-. The van der Waals surface area contributed by atoms with E-state index < -0.39 is 0 Å². The summed E-state index contributed by atoms with van der Waals surface area (Å²) < 4.78 is 0. The Kier molecular flexibility index (Phi) is 5.59. The number of hydrogen-bond donors (Lipinski definition) is 2. The van der Waals surface area contributed by atoms with Gasteiger partial charge in [-0.2, -0.15) is 5.10 Å². The molecule has 0 bridgehead atoms. The van der Waals surface area contributed by atoms with Crippen LogP contribution in [0.5, 0.6) is 5.75 Å². The number of nitrogens with one attached hydrogen (secondary N) is 1. The highest BCUT2D eigenvalue weighted by atomic mass is 16.3. The number of aromatic hydroxyl groups is 1. The Balaban J connectivity index is 1.67. The third-order valence-electron chi connectivity index (χ3n) is 3.80. The maximum Gasteiger partial charge on any atom is 0.240 e. The maximum atomic E-state index is 11.7. The average Bonchev–Trinajstić information content (AvgIpc) is 2.48. The number of carbonyl (C=O) groups excluding carboxylic acids is 1. The SMILES string of the molecule is O=C(CCC1CCCCC1)N/N=C\c1ccc(O)cc1. The number of hydrazone groups is 1. The van der Waals surface area contributed by atoms with Gasteiger partial charge in [0.25, 0.3) is 0 Å². The number of hydrogen-bond acceptors (Lipinski definition) is 3. The molecule has 4 nitrogen and oxygen atoms in total. The minimum Gasteiger partial charge on any atom is -0.508 e. The number of carbonyl (C=O) groups is 1. The first-order valence-corrected chi connectivity index (χ1v) is 7.35. The van der Waals surface area contributed by atoms with Crippen LogP contribution in [0, 0.1) is 5.92 Å².